The molecule has 3 saturated heterocycles. The van der Waals surface area contributed by atoms with Crippen LogP contribution in [0.4, 0.5) is 11.4 Å². The van der Waals surface area contributed by atoms with Crippen molar-refractivity contribution in [2.24, 2.45) is 0 Å². The second kappa shape index (κ2) is 25.6. The summed E-state index contributed by atoms with van der Waals surface area (Å²) in [5.74, 6) is 1.84. The number of nitrogens with two attached hydrogens (primary N) is 2. The molecule has 0 aliphatic carbocycles. The van der Waals surface area contributed by atoms with E-state index in [0.717, 1.165) is 140 Å². The molecule has 3 aliphatic heterocycles. The van der Waals surface area contributed by atoms with Gasteiger partial charge in [0.25, 0.3) is 0 Å². The summed E-state index contributed by atoms with van der Waals surface area (Å²) in [6, 6.07) is 20.8. The molecule has 3 fully saturated rings. The van der Waals surface area contributed by atoms with Crippen molar-refractivity contribution in [1.29, 1.82) is 0 Å². The lowest BCUT2D eigenvalue weighted by Gasteiger charge is -2.24. The molecule has 0 bridgehead atoms. The first-order chi connectivity index (χ1) is 31.9. The average molecular weight is 999 g/mol. The lowest BCUT2D eigenvalue weighted by molar-refractivity contribution is 0.0844. The minimum atomic E-state index is 0.356. The monoisotopic (exact) mass is 996 g/mol. The average Bonchev–Trinajstić information content (AvgIpc) is 3.34. The molecule has 6 aromatic rings. The van der Waals surface area contributed by atoms with Gasteiger partial charge in [0.15, 0.2) is 25.8 Å². The van der Waals surface area contributed by atoms with Crippen LogP contribution in [0.15, 0.2) is 66.7 Å². The third-order valence-corrected chi connectivity index (χ3v) is 12.4. The number of hydrogen-bond donors (Lipinski definition) is 2. The van der Waals surface area contributed by atoms with E-state index >= 15 is 0 Å². The summed E-state index contributed by atoms with van der Waals surface area (Å²) in [6.07, 6.45) is 5.87. The second-order valence-electron chi connectivity index (χ2n) is 15.8. The zero-order valence-electron chi connectivity index (χ0n) is 37.0. The second-order valence-corrected chi connectivity index (χ2v) is 17.7. The van der Waals surface area contributed by atoms with Gasteiger partial charge in [-0.1, -0.05) is 70.1 Å². The number of ether oxygens (including phenoxy) is 4. The molecule has 19 heteroatoms. The van der Waals surface area contributed by atoms with Crippen LogP contribution in [0.5, 0.6) is 5.88 Å². The van der Waals surface area contributed by atoms with Gasteiger partial charge in [-0.15, -0.1) is 40.8 Å². The van der Waals surface area contributed by atoms with Crippen molar-refractivity contribution in [3.05, 3.63) is 120 Å². The van der Waals surface area contributed by atoms with Gasteiger partial charge in [0.2, 0.25) is 5.88 Å². The highest BCUT2D eigenvalue weighted by atomic mass is 35.5. The quantitative estimate of drug-likeness (QED) is 0.144. The Bertz CT molecular complexity index is 2470. The van der Waals surface area contributed by atoms with Crippen molar-refractivity contribution in [2.75, 3.05) is 57.7 Å². The van der Waals surface area contributed by atoms with Crippen molar-refractivity contribution < 1.29 is 18.9 Å². The Morgan fingerprint density at radius 3 is 1.33 bits per heavy atom. The van der Waals surface area contributed by atoms with Crippen LogP contribution in [0.3, 0.4) is 0 Å². The topological polar surface area (TPSA) is 192 Å². The summed E-state index contributed by atoms with van der Waals surface area (Å²) in [5, 5.41) is 33.5. The number of aromatic nitrogens is 8. The number of benzene rings is 2. The van der Waals surface area contributed by atoms with E-state index in [1.165, 1.54) is 0 Å². The van der Waals surface area contributed by atoms with Crippen molar-refractivity contribution >= 4 is 69.4 Å². The predicted octanol–water partition coefficient (Wildman–Crippen LogP) is 11.4. The zero-order valence-corrected chi connectivity index (χ0v) is 40.8. The molecule has 0 spiro atoms. The molecule has 7 heterocycles. The molecule has 66 heavy (non-hydrogen) atoms. The van der Waals surface area contributed by atoms with Gasteiger partial charge in [-0.2, -0.15) is 0 Å². The van der Waals surface area contributed by atoms with Gasteiger partial charge < -0.3 is 30.4 Å². The van der Waals surface area contributed by atoms with Crippen molar-refractivity contribution in [1.82, 2.24) is 40.8 Å². The normalized spacial score (nSPS) is 15.6. The lowest BCUT2D eigenvalue weighted by atomic mass is 9.91. The Labute approximate surface area is 410 Å². The van der Waals surface area contributed by atoms with Gasteiger partial charge in [0.05, 0.1) is 18.0 Å². The Balaban J connectivity index is 0.000000154. The first kappa shape index (κ1) is 50.9. The van der Waals surface area contributed by atoms with E-state index in [0.29, 0.717) is 56.0 Å². The fourth-order valence-electron chi connectivity index (χ4n) is 7.69. The van der Waals surface area contributed by atoms with Crippen LogP contribution >= 0.6 is 58.0 Å². The molecule has 2 aromatic carbocycles. The Morgan fingerprint density at radius 1 is 0.485 bits per heavy atom. The third kappa shape index (κ3) is 14.7. The summed E-state index contributed by atoms with van der Waals surface area (Å²) in [6.45, 7) is 11.3. The molecular formula is C47H53Cl5N10O4. The highest BCUT2D eigenvalue weighted by Gasteiger charge is 2.24. The number of nitrogen functional groups attached to an aromatic ring is 2. The number of rotatable bonds is 7. The molecule has 0 unspecified atom stereocenters. The van der Waals surface area contributed by atoms with Crippen LogP contribution in [-0.2, 0) is 14.2 Å². The number of aryl methyl sites for hydroxylation is 2. The van der Waals surface area contributed by atoms with Crippen LogP contribution in [0, 0.1) is 13.8 Å². The van der Waals surface area contributed by atoms with E-state index in [9.17, 15) is 0 Å². The maximum Gasteiger partial charge on any atom is 0.236 e. The number of anilines is 2. The van der Waals surface area contributed by atoms with Crippen molar-refractivity contribution in [2.45, 2.75) is 77.0 Å². The number of hydrogen-bond acceptors (Lipinski definition) is 14. The van der Waals surface area contributed by atoms with Crippen LogP contribution in [-0.4, -0.2) is 87.0 Å². The van der Waals surface area contributed by atoms with E-state index in [2.05, 4.69) is 53.8 Å². The third-order valence-electron chi connectivity index (χ3n) is 11.2. The summed E-state index contributed by atoms with van der Waals surface area (Å²) >= 11 is 28.7. The van der Waals surface area contributed by atoms with Gasteiger partial charge in [0, 0.05) is 67.7 Å². The summed E-state index contributed by atoms with van der Waals surface area (Å²) < 4.78 is 21.9. The van der Waals surface area contributed by atoms with Crippen molar-refractivity contribution in [3.8, 4) is 28.4 Å². The molecular weight excluding hydrogens is 946 g/mol. The van der Waals surface area contributed by atoms with E-state index in [1.54, 1.807) is 18.2 Å². The number of halogens is 5. The van der Waals surface area contributed by atoms with Gasteiger partial charge in [-0.05, 0) is 154 Å². The molecule has 4 N–H and O–H groups in total. The maximum absolute atomic E-state index is 6.25. The molecule has 0 saturated carbocycles. The Morgan fingerprint density at radius 2 is 0.879 bits per heavy atom. The summed E-state index contributed by atoms with van der Waals surface area (Å²) in [5.41, 5.74) is 22.4. The first-order valence-corrected chi connectivity index (χ1v) is 23.6. The maximum atomic E-state index is 6.25. The predicted molar refractivity (Wildman–Crippen MR) is 262 cm³/mol. The van der Waals surface area contributed by atoms with Crippen LogP contribution in [0.2, 0.25) is 25.8 Å². The minimum Gasteiger partial charge on any atom is -0.477 e. The Hall–Kier alpha value is -4.51. The smallest absolute Gasteiger partial charge is 0.236 e. The molecule has 350 valence electrons. The largest absolute Gasteiger partial charge is 0.477 e. The van der Waals surface area contributed by atoms with Crippen LogP contribution < -0.4 is 16.2 Å². The highest BCUT2D eigenvalue weighted by molar-refractivity contribution is 6.32. The van der Waals surface area contributed by atoms with E-state index in [-0.39, 0.29) is 0 Å². The lowest BCUT2D eigenvalue weighted by Crippen LogP contribution is -2.16. The molecule has 9 rings (SSSR count). The molecule has 3 aliphatic rings. The van der Waals surface area contributed by atoms with Gasteiger partial charge in [-0.3, -0.25) is 0 Å². The Kier molecular flexibility index (Phi) is 19.7. The fraction of sp³-hybridized carbons (Fsp3) is 0.404. The minimum absolute atomic E-state index is 0.356. The molecule has 4 aromatic heterocycles. The SMILES string of the molecule is CCOc1nnc(-c2cc(N)ccc2C)cc1C1CCOCC1.Cc1ccc(N)cc1-c1cc(C2CCOCC2)c(Cl)nn1.Clc1cc(C2CCOCC2)c(Cl)nn1.Clc1ccc(Cl)nn1. The zero-order chi connectivity index (χ0) is 47.0. The standard InChI is InChI=1S/C18H23N3O2.C16H18ClN3O.C9H10Cl2N2O.C4H2Cl2N2/c1-3-23-18-16(13-6-8-22-9-7-13)11-17(20-21-18)15-10-14(19)5-4-12(15)2;1-10-2-3-12(18)8-13(10)15-9-14(16(17)20-19-15)11-4-6-21-7-5-11;10-8-5-7(9(11)13-12-8)6-1-3-14-4-2-6;5-3-1-2-4(6)8-7-3/h4-5,10-11,13H,3,6-9,19H2,1-2H3;2-3,8-9,11H,4-7,18H2,1H3;5-6H,1-4H2;1-2H. The fourth-order valence-corrected chi connectivity index (χ4v) is 8.54. The first-order valence-electron chi connectivity index (χ1n) is 21.7. The van der Waals surface area contributed by atoms with Crippen LogP contribution in [0.25, 0.3) is 22.5 Å². The van der Waals surface area contributed by atoms with Crippen LogP contribution in [0.1, 0.15) is 91.0 Å². The summed E-state index contributed by atoms with van der Waals surface area (Å²) in [4.78, 5) is 0. The molecule has 14 nitrogen and oxygen atoms in total. The number of nitrogens with zero attached hydrogens (tertiary/aromatic N) is 8. The van der Waals surface area contributed by atoms with Gasteiger partial charge in [-0.25, -0.2) is 0 Å². The molecule has 0 amide bonds. The van der Waals surface area contributed by atoms with Gasteiger partial charge in [0.1, 0.15) is 0 Å². The highest BCUT2D eigenvalue weighted by Crippen LogP contribution is 2.37. The van der Waals surface area contributed by atoms with E-state index in [4.69, 9.17) is 88.4 Å². The van der Waals surface area contributed by atoms with E-state index in [1.807, 2.05) is 56.3 Å². The van der Waals surface area contributed by atoms with E-state index < -0.39 is 0 Å². The molecule has 0 radical (unpaired) electrons. The summed E-state index contributed by atoms with van der Waals surface area (Å²) in [7, 11) is 0. The van der Waals surface area contributed by atoms with Gasteiger partial charge >= 0.3 is 0 Å². The van der Waals surface area contributed by atoms with Crippen molar-refractivity contribution in [3.63, 3.8) is 0 Å². The molecule has 0 atom stereocenters.